The van der Waals surface area contributed by atoms with Gasteiger partial charge in [0, 0.05) is 0 Å². The Morgan fingerprint density at radius 1 is 1.50 bits per heavy atom. The van der Waals surface area contributed by atoms with Crippen LogP contribution in [0.15, 0.2) is 40.5 Å². The number of carbonyl (C=O) groups excluding carboxylic acids is 1. The summed E-state index contributed by atoms with van der Waals surface area (Å²) in [5.41, 5.74) is 1.80. The predicted molar refractivity (Wildman–Crippen MR) is 67.5 cm³/mol. The van der Waals surface area contributed by atoms with Crippen molar-refractivity contribution in [3.05, 3.63) is 35.5 Å². The SMILES string of the molecule is CCOC(=O)C(C#N)=C1C=Nc2ccccc2N1. The molecular weight excluding hydrogens is 230 g/mol. The van der Waals surface area contributed by atoms with Crippen molar-refractivity contribution >= 4 is 23.6 Å². The average Bonchev–Trinajstić information content (AvgIpc) is 2.40. The molecule has 0 aromatic heterocycles. The van der Waals surface area contributed by atoms with Gasteiger partial charge in [-0.25, -0.2) is 4.79 Å². The number of esters is 1. The number of carbonyl (C=O) groups is 1. The third-order valence-electron chi connectivity index (χ3n) is 2.37. The molecule has 1 aromatic rings. The first-order valence-corrected chi connectivity index (χ1v) is 5.48. The Balaban J connectivity index is 2.37. The van der Waals surface area contributed by atoms with Crippen molar-refractivity contribution in [2.45, 2.75) is 6.92 Å². The minimum absolute atomic E-state index is 0.0740. The minimum atomic E-state index is -0.645. The fourth-order valence-corrected chi connectivity index (χ4v) is 1.55. The van der Waals surface area contributed by atoms with Crippen LogP contribution in [0.3, 0.4) is 0 Å². The number of nitrogens with zero attached hydrogens (tertiary/aromatic N) is 2. The van der Waals surface area contributed by atoms with Crippen molar-refractivity contribution in [1.82, 2.24) is 0 Å². The Morgan fingerprint density at radius 3 is 3.00 bits per heavy atom. The van der Waals surface area contributed by atoms with E-state index in [1.54, 1.807) is 6.92 Å². The van der Waals surface area contributed by atoms with E-state index in [-0.39, 0.29) is 12.2 Å². The Labute approximate surface area is 104 Å². The molecule has 90 valence electrons. The second-order valence-electron chi connectivity index (χ2n) is 3.52. The van der Waals surface area contributed by atoms with Gasteiger partial charge in [0.15, 0.2) is 5.57 Å². The van der Waals surface area contributed by atoms with E-state index in [9.17, 15) is 4.79 Å². The molecule has 18 heavy (non-hydrogen) atoms. The summed E-state index contributed by atoms with van der Waals surface area (Å²) in [6, 6.07) is 9.22. The van der Waals surface area contributed by atoms with Crippen LogP contribution in [-0.4, -0.2) is 18.8 Å². The number of anilines is 1. The molecule has 1 heterocycles. The summed E-state index contributed by atoms with van der Waals surface area (Å²) < 4.78 is 4.82. The maximum absolute atomic E-state index is 11.6. The van der Waals surface area contributed by atoms with Crippen molar-refractivity contribution in [3.8, 4) is 6.07 Å². The van der Waals surface area contributed by atoms with E-state index in [1.165, 1.54) is 6.21 Å². The van der Waals surface area contributed by atoms with Crippen LogP contribution in [0.25, 0.3) is 0 Å². The number of aliphatic imine (C=N–C) groups is 1. The molecule has 1 N–H and O–H groups in total. The lowest BCUT2D eigenvalue weighted by atomic mass is 10.1. The monoisotopic (exact) mass is 241 g/mol. The highest BCUT2D eigenvalue weighted by Crippen LogP contribution is 2.29. The first-order chi connectivity index (χ1) is 8.76. The summed E-state index contributed by atoms with van der Waals surface area (Å²) in [4.78, 5) is 15.8. The highest BCUT2D eigenvalue weighted by molar-refractivity contribution is 6.04. The molecule has 5 nitrogen and oxygen atoms in total. The number of nitrogens with one attached hydrogen (secondary N) is 1. The Morgan fingerprint density at radius 2 is 2.28 bits per heavy atom. The van der Waals surface area contributed by atoms with Gasteiger partial charge in [0.2, 0.25) is 0 Å². The largest absolute Gasteiger partial charge is 0.462 e. The van der Waals surface area contributed by atoms with Crippen LogP contribution in [0.1, 0.15) is 6.92 Å². The van der Waals surface area contributed by atoms with E-state index in [1.807, 2.05) is 30.3 Å². The highest BCUT2D eigenvalue weighted by Gasteiger charge is 2.18. The van der Waals surface area contributed by atoms with E-state index >= 15 is 0 Å². The minimum Gasteiger partial charge on any atom is -0.462 e. The third kappa shape index (κ3) is 2.23. The molecule has 0 bridgehead atoms. The first-order valence-electron chi connectivity index (χ1n) is 5.48. The smallest absolute Gasteiger partial charge is 0.351 e. The summed E-state index contributed by atoms with van der Waals surface area (Å²) in [7, 11) is 0. The van der Waals surface area contributed by atoms with Crippen LogP contribution >= 0.6 is 0 Å². The number of hydrogen-bond acceptors (Lipinski definition) is 5. The highest BCUT2D eigenvalue weighted by atomic mass is 16.5. The molecule has 0 fully saturated rings. The standard InChI is InChI=1S/C13H11N3O2/c1-2-18-13(17)9(7-14)12-8-15-10-5-3-4-6-11(10)16-12/h3-6,8,16H,2H2,1H3. The number of fused-ring (bicyclic) bond motifs is 1. The fourth-order valence-electron chi connectivity index (χ4n) is 1.55. The second-order valence-corrected chi connectivity index (χ2v) is 3.52. The van der Waals surface area contributed by atoms with Crippen LogP contribution in [0, 0.1) is 11.3 Å². The van der Waals surface area contributed by atoms with E-state index in [2.05, 4.69) is 10.3 Å². The van der Waals surface area contributed by atoms with Gasteiger partial charge in [-0.05, 0) is 19.1 Å². The molecule has 5 heteroatoms. The molecule has 0 atom stereocenters. The van der Waals surface area contributed by atoms with Gasteiger partial charge < -0.3 is 10.1 Å². The van der Waals surface area contributed by atoms with E-state index in [4.69, 9.17) is 10.00 Å². The van der Waals surface area contributed by atoms with Gasteiger partial charge in [-0.1, -0.05) is 12.1 Å². The molecule has 2 rings (SSSR count). The molecule has 1 aliphatic heterocycles. The van der Waals surface area contributed by atoms with Gasteiger partial charge in [-0.2, -0.15) is 5.26 Å². The number of ether oxygens (including phenoxy) is 1. The molecule has 0 spiro atoms. The first kappa shape index (κ1) is 11.9. The number of nitriles is 1. The Bertz CT molecular complexity index is 582. The third-order valence-corrected chi connectivity index (χ3v) is 2.37. The maximum atomic E-state index is 11.6. The lowest BCUT2D eigenvalue weighted by Gasteiger charge is -2.15. The summed E-state index contributed by atoms with van der Waals surface area (Å²) in [5, 5.41) is 12.0. The van der Waals surface area contributed by atoms with Gasteiger partial charge in [-0.3, -0.25) is 4.99 Å². The van der Waals surface area contributed by atoms with Gasteiger partial charge in [0.1, 0.15) is 6.07 Å². The normalized spacial score (nSPS) is 15.1. The maximum Gasteiger partial charge on any atom is 0.351 e. The van der Waals surface area contributed by atoms with Gasteiger partial charge in [-0.15, -0.1) is 0 Å². The molecule has 0 unspecified atom stereocenters. The fraction of sp³-hybridized carbons (Fsp3) is 0.154. The zero-order valence-electron chi connectivity index (χ0n) is 9.80. The van der Waals surface area contributed by atoms with E-state index in [0.717, 1.165) is 11.4 Å². The van der Waals surface area contributed by atoms with E-state index < -0.39 is 5.97 Å². The molecule has 1 aromatic carbocycles. The van der Waals surface area contributed by atoms with Crippen molar-refractivity contribution in [3.63, 3.8) is 0 Å². The lowest BCUT2D eigenvalue weighted by molar-refractivity contribution is -0.138. The number of benzene rings is 1. The lowest BCUT2D eigenvalue weighted by Crippen LogP contribution is -2.15. The van der Waals surface area contributed by atoms with Crippen LogP contribution in [0.2, 0.25) is 0 Å². The van der Waals surface area contributed by atoms with Crippen LogP contribution in [0.5, 0.6) is 0 Å². The van der Waals surface area contributed by atoms with Crippen molar-refractivity contribution < 1.29 is 9.53 Å². The van der Waals surface area contributed by atoms with Crippen molar-refractivity contribution in [2.75, 3.05) is 11.9 Å². The quantitative estimate of drug-likeness (QED) is 0.489. The number of rotatable bonds is 2. The van der Waals surface area contributed by atoms with Crippen LogP contribution in [0.4, 0.5) is 11.4 Å². The molecule has 0 saturated carbocycles. The van der Waals surface area contributed by atoms with Gasteiger partial charge in [0.05, 0.1) is 29.9 Å². The van der Waals surface area contributed by atoms with Gasteiger partial charge in [0.25, 0.3) is 0 Å². The second kappa shape index (κ2) is 5.15. The van der Waals surface area contributed by atoms with Crippen molar-refractivity contribution in [2.24, 2.45) is 4.99 Å². The number of allylic oxidation sites excluding steroid dienone is 1. The molecule has 0 radical (unpaired) electrons. The predicted octanol–water partition coefficient (Wildman–Crippen LogP) is 2.16. The summed E-state index contributed by atoms with van der Waals surface area (Å²) in [6.45, 7) is 1.92. The van der Waals surface area contributed by atoms with Crippen LogP contribution < -0.4 is 5.32 Å². The summed E-state index contributed by atoms with van der Waals surface area (Å²) in [6.07, 6.45) is 1.46. The molecular formula is C13H11N3O2. The van der Waals surface area contributed by atoms with Crippen LogP contribution in [-0.2, 0) is 9.53 Å². The summed E-state index contributed by atoms with van der Waals surface area (Å²) in [5.74, 6) is -0.645. The molecule has 0 saturated heterocycles. The Kier molecular flexibility index (Phi) is 3.39. The van der Waals surface area contributed by atoms with Gasteiger partial charge >= 0.3 is 5.97 Å². The van der Waals surface area contributed by atoms with E-state index in [0.29, 0.717) is 5.70 Å². The molecule has 0 amide bonds. The molecule has 1 aliphatic rings. The summed E-state index contributed by atoms with van der Waals surface area (Å²) >= 11 is 0. The van der Waals surface area contributed by atoms with Crippen molar-refractivity contribution in [1.29, 1.82) is 5.26 Å². The number of para-hydroxylation sites is 2. The average molecular weight is 241 g/mol. The molecule has 0 aliphatic carbocycles. The zero-order chi connectivity index (χ0) is 13.0. The Hall–Kier alpha value is -2.61. The topological polar surface area (TPSA) is 74.5 Å². The number of hydrogen-bond donors (Lipinski definition) is 1. The zero-order valence-corrected chi connectivity index (χ0v) is 9.80.